The van der Waals surface area contributed by atoms with Gasteiger partial charge in [0.15, 0.2) is 6.10 Å². The van der Waals surface area contributed by atoms with E-state index in [1.54, 1.807) is 24.3 Å². The monoisotopic (exact) mass is 390 g/mol. The second-order valence-corrected chi connectivity index (χ2v) is 5.67. The lowest BCUT2D eigenvalue weighted by Crippen LogP contribution is -2.30. The number of nitriles is 1. The second-order valence-electron chi connectivity index (χ2n) is 4.82. The van der Waals surface area contributed by atoms with Crippen LogP contribution in [0.15, 0.2) is 46.9 Å². The quantitative estimate of drug-likeness (QED) is 0.808. The fraction of sp³-hybridized carbons (Fsp3) is 0.118. The van der Waals surface area contributed by atoms with Gasteiger partial charge in [0.1, 0.15) is 11.9 Å². The first-order valence-corrected chi connectivity index (χ1v) is 7.67. The van der Waals surface area contributed by atoms with E-state index in [1.807, 2.05) is 6.07 Å². The molecule has 1 atom stereocenters. The Bertz CT molecular complexity index is 833. The molecule has 0 bridgehead atoms. The highest BCUT2D eigenvalue weighted by Crippen LogP contribution is 2.20. The second kappa shape index (κ2) is 7.70. The zero-order chi connectivity index (χ0) is 17.7. The molecule has 0 aliphatic carbocycles. The van der Waals surface area contributed by atoms with Gasteiger partial charge in [-0.2, -0.15) is 5.26 Å². The summed E-state index contributed by atoms with van der Waals surface area (Å²) in [6.07, 6.45) is -1.13. The summed E-state index contributed by atoms with van der Waals surface area (Å²) in [5, 5.41) is 11.5. The third-order valence-electron chi connectivity index (χ3n) is 3.11. The van der Waals surface area contributed by atoms with Crippen molar-refractivity contribution >= 4 is 33.5 Å². The van der Waals surface area contributed by atoms with E-state index >= 15 is 0 Å². The zero-order valence-corrected chi connectivity index (χ0v) is 14.1. The number of para-hydroxylation sites is 1. The number of amides is 1. The van der Waals surface area contributed by atoms with E-state index in [1.165, 1.54) is 19.1 Å². The molecule has 0 saturated heterocycles. The van der Waals surface area contributed by atoms with Crippen molar-refractivity contribution in [1.29, 1.82) is 5.26 Å². The molecule has 0 aliphatic heterocycles. The molecule has 0 aromatic heterocycles. The fourth-order valence-electron chi connectivity index (χ4n) is 1.86. The molecular formula is C17H12BrFN2O3. The number of anilines is 1. The van der Waals surface area contributed by atoms with Crippen molar-refractivity contribution in [1.82, 2.24) is 0 Å². The number of nitrogens with zero attached hydrogens (tertiary/aromatic N) is 1. The van der Waals surface area contributed by atoms with Crippen LogP contribution >= 0.6 is 15.9 Å². The summed E-state index contributed by atoms with van der Waals surface area (Å²) < 4.78 is 18.6. The first-order chi connectivity index (χ1) is 11.4. The molecule has 0 saturated carbocycles. The molecule has 0 radical (unpaired) electrons. The third-order valence-corrected chi connectivity index (χ3v) is 3.80. The van der Waals surface area contributed by atoms with Crippen LogP contribution in [-0.4, -0.2) is 18.0 Å². The smallest absolute Gasteiger partial charge is 0.340 e. The van der Waals surface area contributed by atoms with Crippen molar-refractivity contribution in [2.45, 2.75) is 13.0 Å². The average molecular weight is 391 g/mol. The third kappa shape index (κ3) is 4.18. The molecule has 5 nitrogen and oxygen atoms in total. The average Bonchev–Trinajstić information content (AvgIpc) is 2.57. The lowest BCUT2D eigenvalue weighted by atomic mass is 10.2. The van der Waals surface area contributed by atoms with Crippen LogP contribution in [0, 0.1) is 17.1 Å². The van der Waals surface area contributed by atoms with Gasteiger partial charge in [-0.05, 0) is 53.2 Å². The van der Waals surface area contributed by atoms with Crippen molar-refractivity contribution in [3.05, 3.63) is 63.9 Å². The fourth-order valence-corrected chi connectivity index (χ4v) is 2.26. The first kappa shape index (κ1) is 17.6. The van der Waals surface area contributed by atoms with Gasteiger partial charge in [0, 0.05) is 4.47 Å². The molecule has 0 unspecified atom stereocenters. The summed E-state index contributed by atoms with van der Waals surface area (Å²) in [5.74, 6) is -2.03. The minimum atomic E-state index is -1.13. The van der Waals surface area contributed by atoms with Crippen molar-refractivity contribution in [2.24, 2.45) is 0 Å². The minimum Gasteiger partial charge on any atom is -0.449 e. The summed E-state index contributed by atoms with van der Waals surface area (Å²) in [6.45, 7) is 1.38. The van der Waals surface area contributed by atoms with Gasteiger partial charge in [0.05, 0.1) is 16.8 Å². The van der Waals surface area contributed by atoms with E-state index < -0.39 is 23.8 Å². The van der Waals surface area contributed by atoms with Gasteiger partial charge in [-0.1, -0.05) is 12.1 Å². The Balaban J connectivity index is 2.07. The summed E-state index contributed by atoms with van der Waals surface area (Å²) >= 11 is 3.13. The molecular weight excluding hydrogens is 379 g/mol. The van der Waals surface area contributed by atoms with Gasteiger partial charge in [-0.3, -0.25) is 4.79 Å². The highest BCUT2D eigenvalue weighted by molar-refractivity contribution is 9.10. The Hall–Kier alpha value is -2.72. The maximum Gasteiger partial charge on any atom is 0.340 e. The molecule has 2 rings (SSSR count). The summed E-state index contributed by atoms with van der Waals surface area (Å²) in [5.41, 5.74) is 0.587. The van der Waals surface area contributed by atoms with Crippen molar-refractivity contribution in [3.8, 4) is 6.07 Å². The lowest BCUT2D eigenvalue weighted by Gasteiger charge is -2.14. The molecule has 2 aromatic rings. The topological polar surface area (TPSA) is 79.2 Å². The number of rotatable bonds is 4. The highest BCUT2D eigenvalue weighted by Gasteiger charge is 2.21. The Labute approximate surface area is 146 Å². The van der Waals surface area contributed by atoms with Crippen LogP contribution in [0.2, 0.25) is 0 Å². The normalized spacial score (nSPS) is 11.2. The predicted octanol–water partition coefficient (Wildman–Crippen LogP) is 3.64. The van der Waals surface area contributed by atoms with Crippen molar-refractivity contribution < 1.29 is 18.7 Å². The molecule has 0 fully saturated rings. The van der Waals surface area contributed by atoms with Crippen LogP contribution in [0.4, 0.5) is 10.1 Å². The van der Waals surface area contributed by atoms with E-state index in [0.717, 1.165) is 6.07 Å². The number of hydrogen-bond acceptors (Lipinski definition) is 4. The number of hydrogen-bond donors (Lipinski definition) is 1. The molecule has 1 N–H and O–H groups in total. The largest absolute Gasteiger partial charge is 0.449 e. The Morgan fingerprint density at radius 3 is 2.71 bits per heavy atom. The maximum atomic E-state index is 13.2. The van der Waals surface area contributed by atoms with Gasteiger partial charge >= 0.3 is 5.97 Å². The number of nitrogens with one attached hydrogen (secondary N) is 1. The SMILES string of the molecule is C[C@@H](OC(=O)c1cc(F)ccc1Br)C(=O)Nc1ccccc1C#N. The molecule has 24 heavy (non-hydrogen) atoms. The van der Waals surface area contributed by atoms with Crippen molar-refractivity contribution in [2.75, 3.05) is 5.32 Å². The lowest BCUT2D eigenvalue weighted by molar-refractivity contribution is -0.123. The number of halogens is 2. The van der Waals surface area contributed by atoms with E-state index in [2.05, 4.69) is 21.2 Å². The van der Waals surface area contributed by atoms with Crippen LogP contribution in [0.1, 0.15) is 22.8 Å². The number of ether oxygens (including phenoxy) is 1. The minimum absolute atomic E-state index is 0.0212. The van der Waals surface area contributed by atoms with Gasteiger partial charge in [-0.15, -0.1) is 0 Å². The van der Waals surface area contributed by atoms with Gasteiger partial charge in [0.25, 0.3) is 5.91 Å². The number of esters is 1. The molecule has 122 valence electrons. The predicted molar refractivity (Wildman–Crippen MR) is 88.8 cm³/mol. The molecule has 0 aliphatic rings. The molecule has 1 amide bonds. The van der Waals surface area contributed by atoms with Crippen LogP contribution in [0.3, 0.4) is 0 Å². The Kier molecular flexibility index (Phi) is 5.66. The number of carbonyl (C=O) groups excluding carboxylic acids is 2. The maximum absolute atomic E-state index is 13.2. The number of benzene rings is 2. The molecule has 7 heteroatoms. The Morgan fingerprint density at radius 1 is 1.29 bits per heavy atom. The standard InChI is InChI=1S/C17H12BrFN2O3/c1-10(16(22)21-15-5-3-2-4-11(15)9-20)24-17(23)13-8-12(19)6-7-14(13)18/h2-8,10H,1H3,(H,21,22)/t10-/m1/s1. The van der Waals surface area contributed by atoms with Gasteiger partial charge in [-0.25, -0.2) is 9.18 Å². The van der Waals surface area contributed by atoms with Crippen LogP contribution < -0.4 is 5.32 Å². The summed E-state index contributed by atoms with van der Waals surface area (Å²) in [6, 6.07) is 12.0. The van der Waals surface area contributed by atoms with Crippen LogP contribution in [0.5, 0.6) is 0 Å². The van der Waals surface area contributed by atoms with E-state index in [0.29, 0.717) is 10.2 Å². The van der Waals surface area contributed by atoms with E-state index in [-0.39, 0.29) is 11.1 Å². The van der Waals surface area contributed by atoms with Crippen LogP contribution in [-0.2, 0) is 9.53 Å². The van der Waals surface area contributed by atoms with E-state index in [9.17, 15) is 14.0 Å². The molecule has 0 spiro atoms. The number of carbonyl (C=O) groups is 2. The summed E-state index contributed by atoms with van der Waals surface area (Å²) in [4.78, 5) is 24.2. The van der Waals surface area contributed by atoms with E-state index in [4.69, 9.17) is 10.00 Å². The van der Waals surface area contributed by atoms with Gasteiger partial charge < -0.3 is 10.1 Å². The highest BCUT2D eigenvalue weighted by atomic mass is 79.9. The van der Waals surface area contributed by atoms with Gasteiger partial charge in [0.2, 0.25) is 0 Å². The molecule has 0 heterocycles. The summed E-state index contributed by atoms with van der Waals surface area (Å²) in [7, 11) is 0. The van der Waals surface area contributed by atoms with Crippen LogP contribution in [0.25, 0.3) is 0 Å². The van der Waals surface area contributed by atoms with Crippen molar-refractivity contribution in [3.63, 3.8) is 0 Å². The Morgan fingerprint density at radius 2 is 2.00 bits per heavy atom. The molecule has 2 aromatic carbocycles. The zero-order valence-electron chi connectivity index (χ0n) is 12.5. The first-order valence-electron chi connectivity index (χ1n) is 6.88.